The van der Waals surface area contributed by atoms with E-state index in [0.717, 1.165) is 5.92 Å². The third-order valence-corrected chi connectivity index (χ3v) is 4.44. The Bertz CT molecular complexity index is 192. The van der Waals surface area contributed by atoms with E-state index in [1.165, 1.54) is 32.4 Å². The number of hydrogen-bond donors (Lipinski definition) is 0. The van der Waals surface area contributed by atoms with E-state index in [9.17, 15) is 0 Å². The van der Waals surface area contributed by atoms with Gasteiger partial charge in [0.2, 0.25) is 0 Å². The highest BCUT2D eigenvalue weighted by atomic mass is 15.2. The summed E-state index contributed by atoms with van der Waals surface area (Å²) in [6.07, 6.45) is 4.02. The van der Waals surface area contributed by atoms with Crippen molar-refractivity contribution >= 4 is 0 Å². The molecule has 90 valence electrons. The van der Waals surface area contributed by atoms with Gasteiger partial charge in [-0.05, 0) is 57.5 Å². The van der Waals surface area contributed by atoms with Crippen molar-refractivity contribution < 1.29 is 0 Å². The zero-order valence-corrected chi connectivity index (χ0v) is 11.6. The predicted octanol–water partition coefficient (Wildman–Crippen LogP) is 3.93. The highest BCUT2D eigenvalue weighted by molar-refractivity contribution is 4.87. The minimum atomic E-state index is 0.406. The quantitative estimate of drug-likeness (QED) is 0.669. The van der Waals surface area contributed by atoms with E-state index in [1.54, 1.807) is 0 Å². The molecule has 0 amide bonds. The van der Waals surface area contributed by atoms with Crippen LogP contribution in [0.4, 0.5) is 0 Å². The van der Waals surface area contributed by atoms with Crippen molar-refractivity contribution in [2.45, 2.75) is 66.3 Å². The molecule has 1 aliphatic rings. The highest BCUT2D eigenvalue weighted by Gasteiger charge is 2.33. The lowest BCUT2D eigenvalue weighted by molar-refractivity contribution is 0.0422. The Morgan fingerprint density at radius 1 is 1.00 bits per heavy atom. The Kier molecular flexibility index (Phi) is 3.86. The summed E-state index contributed by atoms with van der Waals surface area (Å²) in [5.41, 5.74) is 0.908. The molecule has 1 aliphatic heterocycles. The molecule has 0 spiro atoms. The van der Waals surface area contributed by atoms with Gasteiger partial charge in [-0.3, -0.25) is 4.90 Å². The average Bonchev–Trinajstić information content (AvgIpc) is 2.17. The van der Waals surface area contributed by atoms with Gasteiger partial charge in [0.15, 0.2) is 0 Å². The molecule has 0 aliphatic carbocycles. The molecule has 0 atom stereocenters. The monoisotopic (exact) mass is 211 g/mol. The Labute approximate surface area is 96.2 Å². The number of hydrogen-bond acceptors (Lipinski definition) is 1. The molecular weight excluding hydrogens is 182 g/mol. The molecule has 1 heteroatoms. The molecule has 1 nitrogen and oxygen atoms in total. The summed E-state index contributed by atoms with van der Waals surface area (Å²) >= 11 is 0. The average molecular weight is 211 g/mol. The van der Waals surface area contributed by atoms with Crippen LogP contribution in [0.3, 0.4) is 0 Å². The predicted molar refractivity (Wildman–Crippen MR) is 68.1 cm³/mol. The third-order valence-electron chi connectivity index (χ3n) is 4.44. The van der Waals surface area contributed by atoms with Gasteiger partial charge in [0.05, 0.1) is 0 Å². The number of piperidine rings is 1. The Morgan fingerprint density at radius 2 is 1.47 bits per heavy atom. The van der Waals surface area contributed by atoms with Crippen LogP contribution < -0.4 is 0 Å². The fourth-order valence-corrected chi connectivity index (χ4v) is 2.57. The second-order valence-corrected chi connectivity index (χ2v) is 6.79. The molecule has 0 aromatic rings. The summed E-state index contributed by atoms with van der Waals surface area (Å²) in [7, 11) is 0. The van der Waals surface area contributed by atoms with Gasteiger partial charge < -0.3 is 0 Å². The van der Waals surface area contributed by atoms with Gasteiger partial charge in [-0.2, -0.15) is 0 Å². The first-order valence-electron chi connectivity index (χ1n) is 6.52. The molecule has 0 saturated carbocycles. The topological polar surface area (TPSA) is 3.24 Å². The van der Waals surface area contributed by atoms with Crippen molar-refractivity contribution in [3.63, 3.8) is 0 Å². The lowest BCUT2D eigenvalue weighted by atomic mass is 9.74. The molecule has 1 fully saturated rings. The largest absolute Gasteiger partial charge is 0.298 e. The highest BCUT2D eigenvalue weighted by Crippen LogP contribution is 2.36. The van der Waals surface area contributed by atoms with E-state index in [-0.39, 0.29) is 0 Å². The van der Waals surface area contributed by atoms with Crippen molar-refractivity contribution in [3.8, 4) is 0 Å². The molecular formula is C14H29N. The van der Waals surface area contributed by atoms with Crippen LogP contribution in [-0.4, -0.2) is 23.5 Å². The zero-order valence-electron chi connectivity index (χ0n) is 11.6. The van der Waals surface area contributed by atoms with E-state index in [0.29, 0.717) is 11.0 Å². The van der Waals surface area contributed by atoms with E-state index in [4.69, 9.17) is 0 Å². The number of likely N-dealkylation sites (tertiary alicyclic amines) is 1. The van der Waals surface area contributed by atoms with Crippen molar-refractivity contribution in [1.82, 2.24) is 4.90 Å². The molecule has 0 aromatic carbocycles. The van der Waals surface area contributed by atoms with Gasteiger partial charge in [-0.15, -0.1) is 0 Å². The maximum atomic E-state index is 2.68. The minimum absolute atomic E-state index is 0.406. The maximum Gasteiger partial charge on any atom is 0.0150 e. The number of nitrogens with zero attached hydrogens (tertiary/aromatic N) is 1. The van der Waals surface area contributed by atoms with Crippen molar-refractivity contribution in [2.75, 3.05) is 13.1 Å². The lowest BCUT2D eigenvalue weighted by Crippen LogP contribution is -2.49. The minimum Gasteiger partial charge on any atom is -0.298 e. The molecule has 15 heavy (non-hydrogen) atoms. The van der Waals surface area contributed by atoms with E-state index < -0.39 is 0 Å². The Balaban J connectivity index is 2.50. The molecule has 1 saturated heterocycles. The van der Waals surface area contributed by atoms with Gasteiger partial charge in [0, 0.05) is 5.54 Å². The first-order valence-corrected chi connectivity index (χ1v) is 6.52. The van der Waals surface area contributed by atoms with Gasteiger partial charge in [0.1, 0.15) is 0 Å². The first-order chi connectivity index (χ1) is 6.77. The smallest absolute Gasteiger partial charge is 0.0150 e. The SMILES string of the molecule is CCC(C)(C)N1CCC(C(C)(C)C)CC1. The fraction of sp³-hybridized carbons (Fsp3) is 1.00. The van der Waals surface area contributed by atoms with E-state index in [1.807, 2.05) is 0 Å². The first kappa shape index (κ1) is 13.0. The molecule has 0 aromatic heterocycles. The summed E-state index contributed by atoms with van der Waals surface area (Å²) in [5, 5.41) is 0. The summed E-state index contributed by atoms with van der Waals surface area (Å²) in [6.45, 7) is 16.8. The van der Waals surface area contributed by atoms with Crippen LogP contribution in [0.2, 0.25) is 0 Å². The van der Waals surface area contributed by atoms with Crippen molar-refractivity contribution in [3.05, 3.63) is 0 Å². The van der Waals surface area contributed by atoms with Crippen molar-refractivity contribution in [2.24, 2.45) is 11.3 Å². The van der Waals surface area contributed by atoms with Gasteiger partial charge in [-0.25, -0.2) is 0 Å². The standard InChI is InChI=1S/C14H29N/c1-7-14(5,6)15-10-8-12(9-11-15)13(2,3)4/h12H,7-11H2,1-6H3. The van der Waals surface area contributed by atoms with Crippen LogP contribution in [0.25, 0.3) is 0 Å². The maximum absolute atomic E-state index is 2.68. The molecule has 0 unspecified atom stereocenters. The Morgan fingerprint density at radius 3 is 1.80 bits per heavy atom. The van der Waals surface area contributed by atoms with Gasteiger partial charge >= 0.3 is 0 Å². The van der Waals surface area contributed by atoms with Crippen LogP contribution in [0.1, 0.15) is 60.8 Å². The van der Waals surface area contributed by atoms with Crippen LogP contribution in [0, 0.1) is 11.3 Å². The molecule has 0 N–H and O–H groups in total. The molecule has 1 heterocycles. The number of rotatable bonds is 2. The van der Waals surface area contributed by atoms with Crippen LogP contribution in [-0.2, 0) is 0 Å². The zero-order chi connectivity index (χ0) is 11.7. The van der Waals surface area contributed by atoms with E-state index >= 15 is 0 Å². The van der Waals surface area contributed by atoms with Gasteiger partial charge in [-0.1, -0.05) is 27.7 Å². The van der Waals surface area contributed by atoms with E-state index in [2.05, 4.69) is 46.4 Å². The van der Waals surface area contributed by atoms with Crippen LogP contribution >= 0.6 is 0 Å². The van der Waals surface area contributed by atoms with Gasteiger partial charge in [0.25, 0.3) is 0 Å². The summed E-state index contributed by atoms with van der Waals surface area (Å²) in [4.78, 5) is 2.68. The second-order valence-electron chi connectivity index (χ2n) is 6.79. The van der Waals surface area contributed by atoms with Crippen LogP contribution in [0.15, 0.2) is 0 Å². The third kappa shape index (κ3) is 3.21. The molecule has 0 radical (unpaired) electrons. The Hall–Kier alpha value is -0.0400. The van der Waals surface area contributed by atoms with Crippen molar-refractivity contribution in [1.29, 1.82) is 0 Å². The summed E-state index contributed by atoms with van der Waals surface area (Å²) < 4.78 is 0. The molecule has 0 bridgehead atoms. The summed E-state index contributed by atoms with van der Waals surface area (Å²) in [5.74, 6) is 0.918. The summed E-state index contributed by atoms with van der Waals surface area (Å²) in [6, 6.07) is 0. The lowest BCUT2D eigenvalue weighted by Gasteiger charge is -2.45. The fourth-order valence-electron chi connectivity index (χ4n) is 2.57. The molecule has 1 rings (SSSR count). The normalized spacial score (nSPS) is 22.0. The second kappa shape index (κ2) is 4.45. The van der Waals surface area contributed by atoms with Crippen LogP contribution in [0.5, 0.6) is 0 Å².